The predicted molar refractivity (Wildman–Crippen MR) is 149 cm³/mol. The molecule has 7 heteroatoms. The molecule has 4 fully saturated rings. The first-order chi connectivity index (χ1) is 18.5. The third-order valence-electron chi connectivity index (χ3n) is 9.68. The van der Waals surface area contributed by atoms with Crippen molar-refractivity contribution in [3.63, 3.8) is 0 Å². The van der Waals surface area contributed by atoms with Crippen LogP contribution >= 0.6 is 0 Å². The summed E-state index contributed by atoms with van der Waals surface area (Å²) in [5.41, 5.74) is 6.16. The van der Waals surface area contributed by atoms with Gasteiger partial charge in [0, 0.05) is 19.6 Å². The highest BCUT2D eigenvalue weighted by Gasteiger charge is 2.52. The topological polar surface area (TPSA) is 87.9 Å². The molecule has 1 unspecified atom stereocenters. The molecule has 1 atom stereocenters. The van der Waals surface area contributed by atoms with Crippen molar-refractivity contribution in [3.05, 3.63) is 30.3 Å². The second kappa shape index (κ2) is 12.8. The Morgan fingerprint density at radius 3 is 2.03 bits per heavy atom. The van der Waals surface area contributed by atoms with Crippen LogP contribution in [0.3, 0.4) is 0 Å². The molecule has 5 rings (SSSR count). The second-order valence-corrected chi connectivity index (χ2v) is 12.5. The van der Waals surface area contributed by atoms with Gasteiger partial charge in [-0.05, 0) is 55.6 Å². The molecule has 1 aromatic rings. The summed E-state index contributed by atoms with van der Waals surface area (Å²) in [6.07, 6.45) is 16.1. The summed E-state index contributed by atoms with van der Waals surface area (Å²) in [6, 6.07) is 9.48. The lowest BCUT2D eigenvalue weighted by molar-refractivity contribution is -0.137. The molecule has 0 spiro atoms. The Balaban J connectivity index is 1.16. The Morgan fingerprint density at radius 2 is 1.45 bits per heavy atom. The van der Waals surface area contributed by atoms with Gasteiger partial charge in [-0.3, -0.25) is 20.6 Å². The number of para-hydroxylation sites is 1. The van der Waals surface area contributed by atoms with Crippen LogP contribution in [0.4, 0.5) is 0 Å². The van der Waals surface area contributed by atoms with E-state index in [2.05, 4.69) is 5.32 Å². The zero-order valence-corrected chi connectivity index (χ0v) is 23.1. The first-order valence-electron chi connectivity index (χ1n) is 15.3. The van der Waals surface area contributed by atoms with Crippen LogP contribution in [0, 0.1) is 17.8 Å². The molecular weight excluding hydrogens is 476 g/mol. The second-order valence-electron chi connectivity index (χ2n) is 12.5. The number of carbonyl (C=O) groups is 2. The highest BCUT2D eigenvalue weighted by Crippen LogP contribution is 2.41. The van der Waals surface area contributed by atoms with Gasteiger partial charge in [0.1, 0.15) is 17.6 Å². The standard InChI is InChI=1S/C31H48N4O3/c32-30-33-31(20-24-10-4-1-5-11-24,21-25-12-6-2-7-13-25)29(37)35(30)22-26-16-18-34(19-17-26)28(36)23-38-27-14-8-3-9-15-27/h3,8-9,14-15,24-26,30,33H,1-2,4-7,10-13,16-23,32H2. The summed E-state index contributed by atoms with van der Waals surface area (Å²) in [6.45, 7) is 2.18. The summed E-state index contributed by atoms with van der Waals surface area (Å²) in [5, 5.41) is 3.68. The first kappa shape index (κ1) is 27.4. The number of nitrogens with zero attached hydrogens (tertiary/aromatic N) is 2. The number of nitrogens with two attached hydrogens (primary N) is 1. The Kier molecular flexibility index (Phi) is 9.26. The molecule has 0 bridgehead atoms. The molecule has 0 radical (unpaired) electrons. The number of nitrogens with one attached hydrogen (secondary N) is 1. The van der Waals surface area contributed by atoms with Gasteiger partial charge in [0.2, 0.25) is 5.91 Å². The van der Waals surface area contributed by atoms with Crippen LogP contribution in [0.2, 0.25) is 0 Å². The van der Waals surface area contributed by atoms with Crippen molar-refractivity contribution >= 4 is 11.8 Å². The molecule has 4 aliphatic rings. The van der Waals surface area contributed by atoms with Gasteiger partial charge < -0.3 is 14.5 Å². The summed E-state index contributed by atoms with van der Waals surface area (Å²) in [7, 11) is 0. The Labute approximate surface area is 228 Å². The fourth-order valence-electron chi connectivity index (χ4n) is 7.56. The number of likely N-dealkylation sites (tertiary alicyclic amines) is 1. The van der Waals surface area contributed by atoms with E-state index in [1.165, 1.54) is 64.2 Å². The van der Waals surface area contributed by atoms with Crippen LogP contribution in [0.15, 0.2) is 30.3 Å². The molecule has 2 aliphatic carbocycles. The first-order valence-corrected chi connectivity index (χ1v) is 15.3. The average molecular weight is 525 g/mol. The van der Waals surface area contributed by atoms with Crippen LogP contribution in [0.1, 0.15) is 89.9 Å². The normalized spacial score (nSPS) is 25.6. The maximum Gasteiger partial charge on any atom is 0.260 e. The van der Waals surface area contributed by atoms with Crippen LogP contribution in [-0.2, 0) is 9.59 Å². The number of amides is 2. The van der Waals surface area contributed by atoms with Gasteiger partial charge >= 0.3 is 0 Å². The van der Waals surface area contributed by atoms with E-state index in [1.807, 2.05) is 40.1 Å². The third-order valence-corrected chi connectivity index (χ3v) is 9.68. The van der Waals surface area contributed by atoms with E-state index in [9.17, 15) is 9.59 Å². The Morgan fingerprint density at radius 1 is 0.868 bits per heavy atom. The minimum atomic E-state index is -0.491. The lowest BCUT2D eigenvalue weighted by atomic mass is 9.73. The van der Waals surface area contributed by atoms with Gasteiger partial charge in [0.15, 0.2) is 6.61 Å². The fourth-order valence-corrected chi connectivity index (χ4v) is 7.56. The molecule has 210 valence electrons. The van der Waals surface area contributed by atoms with E-state index >= 15 is 0 Å². The maximum atomic E-state index is 14.2. The summed E-state index contributed by atoms with van der Waals surface area (Å²) < 4.78 is 5.66. The van der Waals surface area contributed by atoms with Gasteiger partial charge in [-0.1, -0.05) is 82.4 Å². The molecular formula is C31H48N4O3. The summed E-state index contributed by atoms with van der Waals surface area (Å²) in [5.74, 6) is 2.62. The minimum Gasteiger partial charge on any atom is -0.484 e. The van der Waals surface area contributed by atoms with Crippen LogP contribution in [0.25, 0.3) is 0 Å². The van der Waals surface area contributed by atoms with Crippen molar-refractivity contribution in [2.75, 3.05) is 26.2 Å². The molecule has 2 amide bonds. The van der Waals surface area contributed by atoms with Crippen molar-refractivity contribution in [2.45, 2.75) is 102 Å². The Bertz CT molecular complexity index is 885. The maximum absolute atomic E-state index is 14.2. The van der Waals surface area contributed by atoms with Crippen molar-refractivity contribution in [3.8, 4) is 5.75 Å². The zero-order valence-electron chi connectivity index (χ0n) is 23.1. The molecule has 2 saturated carbocycles. The number of hydrogen-bond donors (Lipinski definition) is 2. The number of piperidine rings is 1. The van der Waals surface area contributed by atoms with E-state index in [1.54, 1.807) is 0 Å². The number of hydrogen-bond acceptors (Lipinski definition) is 5. The van der Waals surface area contributed by atoms with E-state index in [0.29, 0.717) is 37.4 Å². The predicted octanol–water partition coefficient (Wildman–Crippen LogP) is 4.66. The quantitative estimate of drug-likeness (QED) is 0.491. The van der Waals surface area contributed by atoms with Gasteiger partial charge in [-0.2, -0.15) is 0 Å². The average Bonchev–Trinajstić information content (AvgIpc) is 3.17. The monoisotopic (exact) mass is 524 g/mol. The smallest absolute Gasteiger partial charge is 0.260 e. The number of rotatable bonds is 9. The summed E-state index contributed by atoms with van der Waals surface area (Å²) in [4.78, 5) is 30.7. The highest BCUT2D eigenvalue weighted by molar-refractivity contribution is 5.89. The van der Waals surface area contributed by atoms with Gasteiger partial charge in [-0.15, -0.1) is 0 Å². The zero-order chi connectivity index (χ0) is 26.4. The SMILES string of the molecule is NC1NC(CC2CCCCC2)(CC2CCCCC2)C(=O)N1CC1CCN(C(=O)COc2ccccc2)CC1. The number of benzene rings is 1. The van der Waals surface area contributed by atoms with Crippen molar-refractivity contribution in [2.24, 2.45) is 23.5 Å². The van der Waals surface area contributed by atoms with Crippen molar-refractivity contribution in [1.29, 1.82) is 0 Å². The van der Waals surface area contributed by atoms with E-state index in [0.717, 1.165) is 31.4 Å². The number of carbonyl (C=O) groups excluding carboxylic acids is 2. The van der Waals surface area contributed by atoms with Crippen molar-refractivity contribution < 1.29 is 14.3 Å². The minimum absolute atomic E-state index is 0.0295. The Hall–Kier alpha value is -2.12. The third kappa shape index (κ3) is 6.71. The van der Waals surface area contributed by atoms with Gasteiger partial charge in [0.25, 0.3) is 5.91 Å². The van der Waals surface area contributed by atoms with E-state index in [4.69, 9.17) is 10.5 Å². The molecule has 38 heavy (non-hydrogen) atoms. The summed E-state index contributed by atoms with van der Waals surface area (Å²) >= 11 is 0. The van der Waals surface area contributed by atoms with Gasteiger partial charge in [0.05, 0.1) is 0 Å². The van der Waals surface area contributed by atoms with E-state index < -0.39 is 11.8 Å². The molecule has 1 aromatic carbocycles. The molecule has 7 nitrogen and oxygen atoms in total. The lowest BCUT2D eigenvalue weighted by Crippen LogP contribution is -2.52. The molecule has 2 saturated heterocycles. The van der Waals surface area contributed by atoms with Crippen LogP contribution in [-0.4, -0.2) is 59.7 Å². The van der Waals surface area contributed by atoms with E-state index in [-0.39, 0.29) is 18.4 Å². The fraction of sp³-hybridized carbons (Fsp3) is 0.742. The van der Waals surface area contributed by atoms with Crippen LogP contribution < -0.4 is 15.8 Å². The molecule has 2 aliphatic heterocycles. The molecule has 2 heterocycles. The highest BCUT2D eigenvalue weighted by atomic mass is 16.5. The van der Waals surface area contributed by atoms with Crippen LogP contribution in [0.5, 0.6) is 5.75 Å². The molecule has 3 N–H and O–H groups in total. The number of ether oxygens (including phenoxy) is 1. The largest absolute Gasteiger partial charge is 0.484 e. The van der Waals surface area contributed by atoms with Gasteiger partial charge in [-0.25, -0.2) is 0 Å². The molecule has 0 aromatic heterocycles. The van der Waals surface area contributed by atoms with Crippen molar-refractivity contribution in [1.82, 2.24) is 15.1 Å². The lowest BCUT2D eigenvalue weighted by Gasteiger charge is -2.37.